The lowest BCUT2D eigenvalue weighted by Gasteiger charge is -2.23. The summed E-state index contributed by atoms with van der Waals surface area (Å²) in [5.74, 6) is 0.298. The Kier molecular flexibility index (Phi) is 8.85. The number of ether oxygens (including phenoxy) is 1. The van der Waals surface area contributed by atoms with E-state index >= 15 is 0 Å². The number of hydrazone groups is 1. The molecule has 212 valence electrons. The molecule has 1 amide bonds. The van der Waals surface area contributed by atoms with Crippen molar-refractivity contribution in [2.24, 2.45) is 5.10 Å². The molecule has 0 bridgehead atoms. The van der Waals surface area contributed by atoms with Gasteiger partial charge >= 0.3 is 0 Å². The topological polar surface area (TPSA) is 88.1 Å². The number of nitrogens with zero attached hydrogens (tertiary/aromatic N) is 2. The van der Waals surface area contributed by atoms with Crippen LogP contribution in [0.4, 0.5) is 5.69 Å². The fourth-order valence-corrected chi connectivity index (χ4v) is 5.49. The van der Waals surface area contributed by atoms with E-state index in [-0.39, 0.29) is 6.54 Å². The quantitative estimate of drug-likeness (QED) is 0.142. The van der Waals surface area contributed by atoms with Crippen LogP contribution >= 0.6 is 11.6 Å². The van der Waals surface area contributed by atoms with Gasteiger partial charge in [-0.15, -0.1) is 0 Å². The molecule has 0 aliphatic heterocycles. The molecule has 0 aliphatic rings. The first kappa shape index (κ1) is 28.9. The van der Waals surface area contributed by atoms with Crippen LogP contribution in [0.15, 0.2) is 120 Å². The zero-order valence-electron chi connectivity index (χ0n) is 22.8. The summed E-state index contributed by atoms with van der Waals surface area (Å²) in [6.45, 7) is 0.521. The number of anilines is 1. The number of fused-ring (bicyclic) bond motifs is 1. The Hall–Kier alpha value is -4.66. The summed E-state index contributed by atoms with van der Waals surface area (Å²) < 4.78 is 32.2. The number of halogens is 1. The Balaban J connectivity index is 1.17. The van der Waals surface area contributed by atoms with Crippen molar-refractivity contribution in [2.45, 2.75) is 13.2 Å². The zero-order valence-corrected chi connectivity index (χ0v) is 24.3. The minimum absolute atomic E-state index is 0.0708. The summed E-state index contributed by atoms with van der Waals surface area (Å²) in [5.41, 5.74) is 5.82. The highest BCUT2D eigenvalue weighted by Crippen LogP contribution is 2.25. The third-order valence-electron chi connectivity index (χ3n) is 6.62. The summed E-state index contributed by atoms with van der Waals surface area (Å²) in [6.07, 6.45) is 2.67. The number of carbonyl (C=O) groups excluding carboxylic acids is 1. The van der Waals surface area contributed by atoms with E-state index in [0.717, 1.165) is 23.1 Å². The minimum atomic E-state index is -3.60. The highest BCUT2D eigenvalue weighted by Gasteiger charge is 2.19. The minimum Gasteiger partial charge on any atom is -0.489 e. The van der Waals surface area contributed by atoms with Gasteiger partial charge < -0.3 is 4.74 Å². The van der Waals surface area contributed by atoms with E-state index in [9.17, 15) is 13.2 Å². The molecule has 0 heterocycles. The summed E-state index contributed by atoms with van der Waals surface area (Å²) in [7, 11) is -3.60. The smallest absolute Gasteiger partial charge is 0.271 e. The number of hydrogen-bond acceptors (Lipinski definition) is 5. The van der Waals surface area contributed by atoms with E-state index in [4.69, 9.17) is 16.3 Å². The van der Waals surface area contributed by atoms with Gasteiger partial charge in [0.2, 0.25) is 10.0 Å². The van der Waals surface area contributed by atoms with Crippen LogP contribution in [-0.4, -0.2) is 26.8 Å². The molecule has 0 saturated heterocycles. The van der Waals surface area contributed by atoms with Crippen LogP contribution in [-0.2, 0) is 23.2 Å². The third kappa shape index (κ3) is 7.15. The fraction of sp³-hybridized carbons (Fsp3) is 0.0909. The van der Waals surface area contributed by atoms with Gasteiger partial charge in [0, 0.05) is 10.6 Å². The lowest BCUT2D eigenvalue weighted by Crippen LogP contribution is -2.29. The van der Waals surface area contributed by atoms with Crippen LogP contribution in [0.1, 0.15) is 27.0 Å². The van der Waals surface area contributed by atoms with Crippen molar-refractivity contribution >= 4 is 50.2 Å². The highest BCUT2D eigenvalue weighted by atomic mass is 35.5. The van der Waals surface area contributed by atoms with E-state index in [1.807, 2.05) is 42.5 Å². The number of hydrogen-bond donors (Lipinski definition) is 1. The highest BCUT2D eigenvalue weighted by molar-refractivity contribution is 7.92. The summed E-state index contributed by atoms with van der Waals surface area (Å²) in [6, 6.07) is 35.1. The largest absolute Gasteiger partial charge is 0.489 e. The van der Waals surface area contributed by atoms with Crippen molar-refractivity contribution in [3.63, 3.8) is 0 Å². The van der Waals surface area contributed by atoms with Crippen molar-refractivity contribution < 1.29 is 17.9 Å². The second-order valence-corrected chi connectivity index (χ2v) is 11.9. The fourth-order valence-electron chi connectivity index (χ4n) is 4.42. The summed E-state index contributed by atoms with van der Waals surface area (Å²) in [4.78, 5) is 12.6. The molecule has 5 rings (SSSR count). The van der Waals surface area contributed by atoms with Crippen molar-refractivity contribution in [3.8, 4) is 5.75 Å². The van der Waals surface area contributed by atoms with Gasteiger partial charge in [-0.25, -0.2) is 13.8 Å². The van der Waals surface area contributed by atoms with Gasteiger partial charge in [-0.2, -0.15) is 5.10 Å². The number of carbonyl (C=O) groups is 1. The van der Waals surface area contributed by atoms with Gasteiger partial charge in [0.1, 0.15) is 12.4 Å². The van der Waals surface area contributed by atoms with E-state index in [0.29, 0.717) is 28.4 Å². The Bertz CT molecular complexity index is 1840. The first-order valence-corrected chi connectivity index (χ1v) is 15.3. The Morgan fingerprint density at radius 3 is 2.26 bits per heavy atom. The molecule has 9 heteroatoms. The second kappa shape index (κ2) is 12.9. The molecule has 0 atom stereocenters. The monoisotopic (exact) mass is 597 g/mol. The first-order valence-electron chi connectivity index (χ1n) is 13.1. The number of sulfonamides is 1. The van der Waals surface area contributed by atoms with E-state index in [2.05, 4.69) is 34.8 Å². The molecule has 5 aromatic carbocycles. The van der Waals surface area contributed by atoms with Crippen molar-refractivity contribution in [1.82, 2.24) is 5.43 Å². The van der Waals surface area contributed by atoms with Gasteiger partial charge in [-0.1, -0.05) is 72.3 Å². The SMILES string of the molecule is CS(=O)(=O)N(Cc1ccccc1Cl)c1ccc(C(=O)N/N=C\c2ccc(OCc3cccc4ccccc34)cc2)cc1. The molecule has 7 nitrogen and oxygen atoms in total. The molecule has 0 unspecified atom stereocenters. The molecular weight excluding hydrogens is 570 g/mol. The molecule has 0 aromatic heterocycles. The van der Waals surface area contributed by atoms with Crippen molar-refractivity contribution in [3.05, 3.63) is 143 Å². The molecular formula is C33H28ClN3O4S. The Morgan fingerprint density at radius 1 is 0.857 bits per heavy atom. The van der Waals surface area contributed by atoms with E-state index in [1.165, 1.54) is 21.3 Å². The van der Waals surface area contributed by atoms with Crippen LogP contribution < -0.4 is 14.5 Å². The van der Waals surface area contributed by atoms with Gasteiger partial charge in [0.05, 0.1) is 24.7 Å². The number of rotatable bonds is 10. The molecule has 0 fully saturated rings. The normalized spacial score (nSPS) is 11.5. The third-order valence-corrected chi connectivity index (χ3v) is 8.13. The molecule has 42 heavy (non-hydrogen) atoms. The van der Waals surface area contributed by atoms with Crippen molar-refractivity contribution in [1.29, 1.82) is 0 Å². The lowest BCUT2D eigenvalue weighted by atomic mass is 10.1. The van der Waals surface area contributed by atoms with Crippen LogP contribution in [0.2, 0.25) is 5.02 Å². The maximum absolute atomic E-state index is 12.6. The molecule has 0 spiro atoms. The number of nitrogens with one attached hydrogen (secondary N) is 1. The summed E-state index contributed by atoms with van der Waals surface area (Å²) >= 11 is 6.23. The number of amides is 1. The molecule has 5 aromatic rings. The maximum atomic E-state index is 12.6. The van der Waals surface area contributed by atoms with Crippen molar-refractivity contribution in [2.75, 3.05) is 10.6 Å². The van der Waals surface area contributed by atoms with Gasteiger partial charge in [-0.05, 0) is 82.1 Å². The second-order valence-electron chi connectivity index (χ2n) is 9.60. The zero-order chi connectivity index (χ0) is 29.5. The Morgan fingerprint density at radius 2 is 1.52 bits per heavy atom. The van der Waals surface area contributed by atoms with Crippen LogP contribution in [0.5, 0.6) is 5.75 Å². The average Bonchev–Trinajstić information content (AvgIpc) is 2.99. The van der Waals surface area contributed by atoms with E-state index in [1.54, 1.807) is 48.5 Å². The first-order chi connectivity index (χ1) is 20.3. The molecule has 0 aliphatic carbocycles. The van der Waals surface area contributed by atoms with Crippen LogP contribution in [0.3, 0.4) is 0 Å². The molecule has 1 N–H and O–H groups in total. The number of benzene rings is 5. The lowest BCUT2D eigenvalue weighted by molar-refractivity contribution is 0.0955. The van der Waals surface area contributed by atoms with Crippen LogP contribution in [0.25, 0.3) is 10.8 Å². The van der Waals surface area contributed by atoms with Gasteiger partial charge in [0.15, 0.2) is 0 Å². The predicted molar refractivity (Wildman–Crippen MR) is 169 cm³/mol. The molecule has 0 saturated carbocycles. The maximum Gasteiger partial charge on any atom is 0.271 e. The van der Waals surface area contributed by atoms with Gasteiger partial charge in [-0.3, -0.25) is 9.10 Å². The average molecular weight is 598 g/mol. The predicted octanol–water partition coefficient (Wildman–Crippen LogP) is 6.80. The summed E-state index contributed by atoms with van der Waals surface area (Å²) in [5, 5.41) is 6.87. The standard InChI is InChI=1S/C33H28ClN3O4S/c1-42(39,40)37(22-27-8-3-5-12-32(27)34)29-17-15-26(16-18-29)33(38)36-35-21-24-13-19-30(20-14-24)41-23-28-10-6-9-25-7-2-4-11-31(25)28/h2-21H,22-23H2,1H3,(H,36,38)/b35-21-. The molecule has 0 radical (unpaired) electrons. The van der Waals surface area contributed by atoms with Gasteiger partial charge in [0.25, 0.3) is 5.91 Å². The Labute approximate surface area is 250 Å². The van der Waals surface area contributed by atoms with Crippen LogP contribution in [0, 0.1) is 0 Å². The van der Waals surface area contributed by atoms with E-state index < -0.39 is 15.9 Å².